The summed E-state index contributed by atoms with van der Waals surface area (Å²) in [5.74, 6) is -0.261. The molecule has 1 fully saturated rings. The van der Waals surface area contributed by atoms with Crippen molar-refractivity contribution in [2.24, 2.45) is 5.73 Å². The van der Waals surface area contributed by atoms with Crippen LogP contribution in [0.5, 0.6) is 0 Å². The Bertz CT molecular complexity index is 178. The van der Waals surface area contributed by atoms with Gasteiger partial charge < -0.3 is 15.8 Å². The van der Waals surface area contributed by atoms with Gasteiger partial charge in [-0.3, -0.25) is 4.79 Å². The molecule has 1 saturated carbocycles. The van der Waals surface area contributed by atoms with Crippen LogP contribution in [0.4, 0.5) is 0 Å². The zero-order valence-corrected chi connectivity index (χ0v) is 8.25. The molecule has 0 aromatic heterocycles. The van der Waals surface area contributed by atoms with E-state index < -0.39 is 0 Å². The minimum atomic E-state index is -0.261. The van der Waals surface area contributed by atoms with Crippen LogP contribution in [0.25, 0.3) is 0 Å². The summed E-state index contributed by atoms with van der Waals surface area (Å²) in [6, 6.07) is 0.227. The first kappa shape index (κ1) is 10.5. The molecular formula is C9H18N2O2. The van der Waals surface area contributed by atoms with E-state index in [9.17, 15) is 4.79 Å². The molecule has 1 amide bonds. The number of methoxy groups -OCH3 is 1. The molecule has 0 saturated heterocycles. The Hall–Kier alpha value is -0.610. The molecule has 0 bridgehead atoms. The summed E-state index contributed by atoms with van der Waals surface area (Å²) in [4.78, 5) is 10.9. The normalized spacial score (nSPS) is 29.4. The second kappa shape index (κ2) is 4.58. The largest absolute Gasteiger partial charge is 0.381 e. The van der Waals surface area contributed by atoms with Crippen molar-refractivity contribution < 1.29 is 9.53 Å². The van der Waals surface area contributed by atoms with Crippen LogP contribution in [0.3, 0.4) is 0 Å². The quantitative estimate of drug-likeness (QED) is 0.636. The number of ether oxygens (including phenoxy) is 1. The van der Waals surface area contributed by atoms with Crippen molar-refractivity contribution in [3.8, 4) is 0 Å². The van der Waals surface area contributed by atoms with Crippen LogP contribution < -0.4 is 11.1 Å². The average Bonchev–Trinajstić information content (AvgIpc) is 2.02. The molecule has 0 radical (unpaired) electrons. The number of rotatable bonds is 5. The van der Waals surface area contributed by atoms with Crippen LogP contribution in [0, 0.1) is 0 Å². The van der Waals surface area contributed by atoms with Crippen molar-refractivity contribution >= 4 is 5.91 Å². The highest BCUT2D eigenvalue weighted by Gasteiger charge is 2.31. The van der Waals surface area contributed by atoms with E-state index in [0.717, 1.165) is 19.3 Å². The molecule has 0 spiro atoms. The van der Waals surface area contributed by atoms with E-state index in [1.807, 2.05) is 6.92 Å². The van der Waals surface area contributed by atoms with Crippen molar-refractivity contribution in [1.82, 2.24) is 5.32 Å². The molecule has 1 aliphatic carbocycles. The summed E-state index contributed by atoms with van der Waals surface area (Å²) in [5, 5.41) is 3.21. The lowest BCUT2D eigenvalue weighted by molar-refractivity contribution is -0.120. The maximum atomic E-state index is 10.9. The molecule has 0 aromatic carbocycles. The number of carbonyl (C=O) groups excluding carboxylic acids is 1. The molecule has 76 valence electrons. The summed E-state index contributed by atoms with van der Waals surface area (Å²) < 4.78 is 5.14. The second-order valence-corrected chi connectivity index (χ2v) is 3.56. The van der Waals surface area contributed by atoms with Gasteiger partial charge in [-0.05, 0) is 19.3 Å². The molecule has 0 aromatic rings. The number of hydrogen-bond donors (Lipinski definition) is 2. The van der Waals surface area contributed by atoms with E-state index in [1.165, 1.54) is 0 Å². The molecular weight excluding hydrogens is 168 g/mol. The van der Waals surface area contributed by atoms with Crippen molar-refractivity contribution in [3.63, 3.8) is 0 Å². The maximum absolute atomic E-state index is 10.9. The molecule has 1 aliphatic rings. The lowest BCUT2D eigenvalue weighted by Gasteiger charge is -2.36. The van der Waals surface area contributed by atoms with Crippen LogP contribution in [-0.4, -0.2) is 31.2 Å². The molecule has 13 heavy (non-hydrogen) atoms. The molecule has 0 aliphatic heterocycles. The third-order valence-corrected chi connectivity index (χ3v) is 2.62. The average molecular weight is 186 g/mol. The van der Waals surface area contributed by atoms with Gasteiger partial charge in [-0.1, -0.05) is 6.92 Å². The highest BCUT2D eigenvalue weighted by molar-refractivity contribution is 5.79. The SMILES string of the molecule is CCC(NC1CC(OC)C1)C(N)=O. The van der Waals surface area contributed by atoms with Crippen molar-refractivity contribution in [1.29, 1.82) is 0 Å². The Balaban J connectivity index is 2.21. The molecule has 3 N–H and O–H groups in total. The number of hydrogen-bond acceptors (Lipinski definition) is 3. The number of nitrogens with one attached hydrogen (secondary N) is 1. The first-order valence-corrected chi connectivity index (χ1v) is 4.75. The van der Waals surface area contributed by atoms with Gasteiger partial charge in [0.1, 0.15) is 0 Å². The second-order valence-electron chi connectivity index (χ2n) is 3.56. The molecule has 4 nitrogen and oxygen atoms in total. The molecule has 0 heterocycles. The van der Waals surface area contributed by atoms with Crippen LogP contribution in [0.2, 0.25) is 0 Å². The third kappa shape index (κ3) is 2.67. The van der Waals surface area contributed by atoms with Crippen LogP contribution in [0.15, 0.2) is 0 Å². The summed E-state index contributed by atoms with van der Waals surface area (Å²) in [6.07, 6.45) is 3.09. The van der Waals surface area contributed by atoms with Crippen LogP contribution in [-0.2, 0) is 9.53 Å². The maximum Gasteiger partial charge on any atom is 0.234 e. The highest BCUT2D eigenvalue weighted by atomic mass is 16.5. The molecule has 1 atom stereocenters. The fourth-order valence-electron chi connectivity index (χ4n) is 1.58. The van der Waals surface area contributed by atoms with Gasteiger partial charge in [0.2, 0.25) is 5.91 Å². The number of carbonyl (C=O) groups is 1. The van der Waals surface area contributed by atoms with Gasteiger partial charge in [-0.2, -0.15) is 0 Å². The Morgan fingerprint density at radius 3 is 2.69 bits per heavy atom. The molecule has 1 unspecified atom stereocenters. The molecule has 4 heteroatoms. The van der Waals surface area contributed by atoms with Gasteiger partial charge >= 0.3 is 0 Å². The number of amides is 1. The number of nitrogens with two attached hydrogens (primary N) is 1. The summed E-state index contributed by atoms with van der Waals surface area (Å²) in [5.41, 5.74) is 5.21. The zero-order valence-electron chi connectivity index (χ0n) is 8.25. The van der Waals surface area contributed by atoms with E-state index in [0.29, 0.717) is 12.1 Å². The first-order chi connectivity index (χ1) is 6.17. The Kier molecular flexibility index (Phi) is 3.69. The molecule has 1 rings (SSSR count). The predicted octanol–water partition coefficient (Wildman–Crippen LogP) is 0.0173. The smallest absolute Gasteiger partial charge is 0.234 e. The highest BCUT2D eigenvalue weighted by Crippen LogP contribution is 2.23. The van der Waals surface area contributed by atoms with Crippen molar-refractivity contribution in [3.05, 3.63) is 0 Å². The van der Waals surface area contributed by atoms with Gasteiger partial charge in [0.15, 0.2) is 0 Å². The van der Waals surface area contributed by atoms with Gasteiger partial charge in [0.25, 0.3) is 0 Å². The standard InChI is InChI=1S/C9H18N2O2/c1-3-8(9(10)12)11-6-4-7(5-6)13-2/h6-8,11H,3-5H2,1-2H3,(H2,10,12). The van der Waals surface area contributed by atoms with E-state index in [1.54, 1.807) is 7.11 Å². The van der Waals surface area contributed by atoms with Crippen LogP contribution >= 0.6 is 0 Å². The lowest BCUT2D eigenvalue weighted by atomic mass is 9.88. The minimum Gasteiger partial charge on any atom is -0.381 e. The monoisotopic (exact) mass is 186 g/mol. The van der Waals surface area contributed by atoms with Crippen molar-refractivity contribution in [2.45, 2.75) is 44.4 Å². The van der Waals surface area contributed by atoms with E-state index in [-0.39, 0.29) is 11.9 Å². The Morgan fingerprint density at radius 2 is 2.31 bits per heavy atom. The fourth-order valence-corrected chi connectivity index (χ4v) is 1.58. The summed E-state index contributed by atoms with van der Waals surface area (Å²) >= 11 is 0. The van der Waals surface area contributed by atoms with E-state index in [2.05, 4.69) is 5.32 Å². The minimum absolute atomic E-state index is 0.178. The lowest BCUT2D eigenvalue weighted by Crippen LogP contribution is -2.52. The van der Waals surface area contributed by atoms with E-state index in [4.69, 9.17) is 10.5 Å². The van der Waals surface area contributed by atoms with E-state index >= 15 is 0 Å². The first-order valence-electron chi connectivity index (χ1n) is 4.75. The van der Waals surface area contributed by atoms with Gasteiger partial charge in [0.05, 0.1) is 12.1 Å². The van der Waals surface area contributed by atoms with Gasteiger partial charge in [0, 0.05) is 13.2 Å². The third-order valence-electron chi connectivity index (χ3n) is 2.62. The van der Waals surface area contributed by atoms with Gasteiger partial charge in [-0.25, -0.2) is 0 Å². The number of primary amides is 1. The summed E-state index contributed by atoms with van der Waals surface area (Å²) in [7, 11) is 1.71. The summed E-state index contributed by atoms with van der Waals surface area (Å²) in [6.45, 7) is 1.95. The van der Waals surface area contributed by atoms with Crippen LogP contribution in [0.1, 0.15) is 26.2 Å². The topological polar surface area (TPSA) is 64.3 Å². The Morgan fingerprint density at radius 1 is 1.69 bits per heavy atom. The van der Waals surface area contributed by atoms with Gasteiger partial charge in [-0.15, -0.1) is 0 Å². The van der Waals surface area contributed by atoms with Crippen molar-refractivity contribution in [2.75, 3.05) is 7.11 Å². The Labute approximate surface area is 78.8 Å². The zero-order chi connectivity index (χ0) is 9.84. The fraction of sp³-hybridized carbons (Fsp3) is 0.889. The predicted molar refractivity (Wildman–Crippen MR) is 50.2 cm³/mol.